The third kappa shape index (κ3) is 56.6. The van der Waals surface area contributed by atoms with Crippen LogP contribution in [0.1, 0.15) is 252 Å². The highest BCUT2D eigenvalue weighted by molar-refractivity contribution is 5.71. The fourth-order valence-corrected chi connectivity index (χ4v) is 7.68. The molecule has 1 unspecified atom stereocenters. The lowest BCUT2D eigenvalue weighted by atomic mass is 10.0. The summed E-state index contributed by atoms with van der Waals surface area (Å²) < 4.78 is 16.7. The number of hydrogen-bond donors (Lipinski definition) is 0. The van der Waals surface area contributed by atoms with Gasteiger partial charge in [0.15, 0.2) is 6.10 Å². The average molecular weight is 984 g/mol. The number of esters is 3. The zero-order chi connectivity index (χ0) is 51.4. The van der Waals surface area contributed by atoms with Gasteiger partial charge in [-0.05, 0) is 103 Å². The van der Waals surface area contributed by atoms with Gasteiger partial charge in [-0.25, -0.2) is 0 Å². The Morgan fingerprint density at radius 2 is 0.563 bits per heavy atom. The van der Waals surface area contributed by atoms with Crippen molar-refractivity contribution in [3.63, 3.8) is 0 Å². The highest BCUT2D eigenvalue weighted by Crippen LogP contribution is 2.15. The number of hydrogen-bond acceptors (Lipinski definition) is 6. The van der Waals surface area contributed by atoms with Gasteiger partial charge in [-0.1, -0.05) is 251 Å². The van der Waals surface area contributed by atoms with Gasteiger partial charge >= 0.3 is 17.9 Å². The second kappa shape index (κ2) is 58.4. The van der Waals surface area contributed by atoms with Crippen molar-refractivity contribution in [2.24, 2.45) is 0 Å². The van der Waals surface area contributed by atoms with Crippen LogP contribution in [0.15, 0.2) is 122 Å². The van der Waals surface area contributed by atoms with E-state index in [0.717, 1.165) is 109 Å². The first kappa shape index (κ1) is 66.8. The molecule has 0 rings (SSSR count). The topological polar surface area (TPSA) is 78.9 Å². The van der Waals surface area contributed by atoms with Crippen LogP contribution in [0.4, 0.5) is 0 Å². The van der Waals surface area contributed by atoms with Gasteiger partial charge in [0.05, 0.1) is 0 Å². The van der Waals surface area contributed by atoms with E-state index in [0.29, 0.717) is 19.3 Å². The van der Waals surface area contributed by atoms with Gasteiger partial charge in [0, 0.05) is 19.3 Å². The van der Waals surface area contributed by atoms with Gasteiger partial charge in [-0.3, -0.25) is 14.4 Å². The highest BCUT2D eigenvalue weighted by Gasteiger charge is 2.19. The summed E-state index contributed by atoms with van der Waals surface area (Å²) in [6.45, 7) is 6.32. The highest BCUT2D eigenvalue weighted by atomic mass is 16.6. The first-order valence-electron chi connectivity index (χ1n) is 29.0. The summed E-state index contributed by atoms with van der Waals surface area (Å²) in [4.78, 5) is 37.9. The third-order valence-electron chi connectivity index (χ3n) is 12.0. The molecule has 0 radical (unpaired) electrons. The van der Waals surface area contributed by atoms with E-state index in [1.807, 2.05) is 0 Å². The van der Waals surface area contributed by atoms with Crippen molar-refractivity contribution in [3.05, 3.63) is 122 Å². The van der Waals surface area contributed by atoms with Gasteiger partial charge in [-0.2, -0.15) is 0 Å². The summed E-state index contributed by atoms with van der Waals surface area (Å²) in [5.41, 5.74) is 0. The van der Waals surface area contributed by atoms with Crippen molar-refractivity contribution < 1.29 is 28.6 Å². The second-order valence-electron chi connectivity index (χ2n) is 18.8. The van der Waals surface area contributed by atoms with Crippen LogP contribution in [0.25, 0.3) is 0 Å². The molecular weight excluding hydrogens is 877 g/mol. The summed E-state index contributed by atoms with van der Waals surface area (Å²) in [6, 6.07) is 0. The molecule has 0 aliphatic rings. The van der Waals surface area contributed by atoms with Gasteiger partial charge in [0.2, 0.25) is 0 Å². The average Bonchev–Trinajstić information content (AvgIpc) is 3.37. The Morgan fingerprint density at radius 3 is 0.901 bits per heavy atom. The maximum absolute atomic E-state index is 12.8. The van der Waals surface area contributed by atoms with Gasteiger partial charge in [-0.15, -0.1) is 0 Å². The summed E-state index contributed by atoms with van der Waals surface area (Å²) in [6.07, 6.45) is 80.9. The van der Waals surface area contributed by atoms with Crippen molar-refractivity contribution in [2.45, 2.75) is 258 Å². The molecule has 0 saturated heterocycles. The van der Waals surface area contributed by atoms with Crippen LogP contribution in [0.5, 0.6) is 0 Å². The van der Waals surface area contributed by atoms with E-state index in [9.17, 15) is 14.4 Å². The molecule has 0 amide bonds. The van der Waals surface area contributed by atoms with Gasteiger partial charge < -0.3 is 14.2 Å². The molecule has 0 bridgehead atoms. The van der Waals surface area contributed by atoms with E-state index in [1.54, 1.807) is 0 Å². The zero-order valence-corrected chi connectivity index (χ0v) is 45.9. The predicted molar refractivity (Wildman–Crippen MR) is 306 cm³/mol. The SMILES string of the molecule is CC/C=C\C/C=C\C/C=C\C/C=C\C/C=C\CCCCCCCCCCCCCCCC(=O)OCC(COC(=O)CCCCCCCCC)OC(=O)CCC/C=C\C/C=C\C/C=C\C/C=C\C/C=C\CC. The minimum Gasteiger partial charge on any atom is -0.462 e. The van der Waals surface area contributed by atoms with E-state index in [-0.39, 0.29) is 37.5 Å². The Morgan fingerprint density at radius 1 is 0.296 bits per heavy atom. The standard InChI is InChI=1S/C65H106O6/c1-4-7-10-13-16-18-20-22-24-26-27-28-29-30-31-32-33-34-35-36-37-39-40-42-44-46-49-52-55-58-64(67)70-61-62(60-69-63(66)57-54-51-48-15-12-9-6-3)71-65(68)59-56-53-50-47-45-43-41-38-25-23-21-19-17-14-11-8-5-2/h7-8,10-11,16-19,22-25,27-28,30-31,41,43,47,50,62H,4-6,9,12-15,20-21,26,29,32-40,42,44-46,48-49,51-61H2,1-3H3/b10-7-,11-8-,18-16-,19-17-,24-22-,25-23-,28-27-,31-30-,43-41-,50-47-. The molecule has 0 heterocycles. The van der Waals surface area contributed by atoms with Crippen LogP contribution >= 0.6 is 0 Å². The normalized spacial score (nSPS) is 13.0. The maximum atomic E-state index is 12.8. The smallest absolute Gasteiger partial charge is 0.306 e. The molecule has 1 atom stereocenters. The van der Waals surface area contributed by atoms with Crippen molar-refractivity contribution in [1.82, 2.24) is 0 Å². The monoisotopic (exact) mass is 983 g/mol. The number of carbonyl (C=O) groups excluding carboxylic acids is 3. The largest absolute Gasteiger partial charge is 0.462 e. The first-order valence-corrected chi connectivity index (χ1v) is 29.0. The summed E-state index contributed by atoms with van der Waals surface area (Å²) in [7, 11) is 0. The summed E-state index contributed by atoms with van der Waals surface area (Å²) in [5.74, 6) is -0.970. The quantitative estimate of drug-likeness (QED) is 0.0261. The molecule has 0 N–H and O–H groups in total. The Kier molecular flexibility index (Phi) is 54.9. The summed E-state index contributed by atoms with van der Waals surface area (Å²) >= 11 is 0. The van der Waals surface area contributed by atoms with Crippen molar-refractivity contribution in [2.75, 3.05) is 13.2 Å². The van der Waals surface area contributed by atoms with Crippen molar-refractivity contribution >= 4 is 17.9 Å². The second-order valence-corrected chi connectivity index (χ2v) is 18.8. The van der Waals surface area contributed by atoms with Gasteiger partial charge in [0.1, 0.15) is 13.2 Å². The van der Waals surface area contributed by atoms with Crippen LogP contribution in [0.3, 0.4) is 0 Å². The van der Waals surface area contributed by atoms with Crippen LogP contribution in [-0.2, 0) is 28.6 Å². The molecule has 0 aromatic heterocycles. The lowest BCUT2D eigenvalue weighted by Crippen LogP contribution is -2.30. The van der Waals surface area contributed by atoms with E-state index >= 15 is 0 Å². The van der Waals surface area contributed by atoms with Crippen LogP contribution in [0.2, 0.25) is 0 Å². The Bertz CT molecular complexity index is 1500. The lowest BCUT2D eigenvalue weighted by Gasteiger charge is -2.18. The third-order valence-corrected chi connectivity index (χ3v) is 12.0. The molecule has 0 aliphatic carbocycles. The summed E-state index contributed by atoms with van der Waals surface area (Å²) in [5, 5.41) is 0. The van der Waals surface area contributed by atoms with Crippen LogP contribution in [-0.4, -0.2) is 37.2 Å². The van der Waals surface area contributed by atoms with E-state index in [2.05, 4.69) is 142 Å². The molecule has 0 aromatic carbocycles. The van der Waals surface area contributed by atoms with E-state index in [1.165, 1.54) is 96.3 Å². The Labute approximate surface area is 437 Å². The molecule has 0 saturated carbocycles. The van der Waals surface area contributed by atoms with E-state index in [4.69, 9.17) is 14.2 Å². The van der Waals surface area contributed by atoms with Crippen molar-refractivity contribution in [1.29, 1.82) is 0 Å². The lowest BCUT2D eigenvalue weighted by molar-refractivity contribution is -0.167. The molecule has 0 aliphatic heterocycles. The molecule has 6 nitrogen and oxygen atoms in total. The van der Waals surface area contributed by atoms with Gasteiger partial charge in [0.25, 0.3) is 0 Å². The number of carbonyl (C=O) groups is 3. The maximum Gasteiger partial charge on any atom is 0.306 e. The molecular formula is C65H106O6. The first-order chi connectivity index (χ1) is 35.0. The molecule has 0 fully saturated rings. The molecule has 0 spiro atoms. The fraction of sp³-hybridized carbons (Fsp3) is 0.646. The predicted octanol–water partition coefficient (Wildman–Crippen LogP) is 19.6. The fourth-order valence-electron chi connectivity index (χ4n) is 7.68. The molecule has 71 heavy (non-hydrogen) atoms. The van der Waals surface area contributed by atoms with Crippen LogP contribution < -0.4 is 0 Å². The number of allylic oxidation sites excluding steroid dienone is 20. The molecule has 0 aromatic rings. The number of unbranched alkanes of at least 4 members (excludes halogenated alkanes) is 20. The minimum atomic E-state index is -0.807. The minimum absolute atomic E-state index is 0.102. The number of rotatable bonds is 51. The number of ether oxygens (including phenoxy) is 3. The molecule has 402 valence electrons. The zero-order valence-electron chi connectivity index (χ0n) is 45.9. The Hall–Kier alpha value is -4.19. The Balaban J connectivity index is 4.19. The van der Waals surface area contributed by atoms with Crippen LogP contribution in [0, 0.1) is 0 Å². The molecule has 6 heteroatoms. The van der Waals surface area contributed by atoms with E-state index < -0.39 is 6.10 Å². The van der Waals surface area contributed by atoms with Crippen molar-refractivity contribution in [3.8, 4) is 0 Å².